The molecule has 1 unspecified atom stereocenters. The van der Waals surface area contributed by atoms with Crippen molar-refractivity contribution in [1.29, 1.82) is 0 Å². The minimum atomic E-state index is 0.485. The molecule has 32 heavy (non-hydrogen) atoms. The number of rotatable bonds is 8. The highest BCUT2D eigenvalue weighted by molar-refractivity contribution is 5.86. The van der Waals surface area contributed by atoms with E-state index in [-0.39, 0.29) is 0 Å². The molecule has 1 fully saturated rings. The van der Waals surface area contributed by atoms with E-state index in [0.29, 0.717) is 19.1 Å². The number of aromatic nitrogens is 1. The first-order chi connectivity index (χ1) is 15.6. The number of nitrogens with zero attached hydrogens (tertiary/aromatic N) is 1. The molecule has 1 aromatic heterocycles. The van der Waals surface area contributed by atoms with E-state index >= 15 is 0 Å². The second kappa shape index (κ2) is 10.6. The van der Waals surface area contributed by atoms with Gasteiger partial charge in [-0.3, -0.25) is 4.99 Å². The summed E-state index contributed by atoms with van der Waals surface area (Å²) in [5.74, 6) is 2.21. The molecule has 3 N–H and O–H groups in total. The van der Waals surface area contributed by atoms with Gasteiger partial charge in [-0.05, 0) is 55.5 Å². The van der Waals surface area contributed by atoms with Gasteiger partial charge in [0.25, 0.3) is 0 Å². The Labute approximate surface area is 190 Å². The summed E-state index contributed by atoms with van der Waals surface area (Å²) in [5.41, 5.74) is 6.15. The SMILES string of the molecule is CN=C(NCCc1c[nH]c2cccc(C)c12)NCc1ccc(C)cc1OCC1CCOC1. The van der Waals surface area contributed by atoms with Crippen molar-refractivity contribution in [1.82, 2.24) is 15.6 Å². The first kappa shape index (κ1) is 22.2. The zero-order valence-electron chi connectivity index (χ0n) is 19.3. The average Bonchev–Trinajstić information content (AvgIpc) is 3.46. The number of fused-ring (bicyclic) bond motifs is 1. The fourth-order valence-corrected chi connectivity index (χ4v) is 4.23. The Kier molecular flexibility index (Phi) is 7.32. The van der Waals surface area contributed by atoms with Crippen LogP contribution in [0.1, 0.15) is 28.7 Å². The van der Waals surface area contributed by atoms with Gasteiger partial charge in [-0.2, -0.15) is 0 Å². The normalized spacial score (nSPS) is 16.5. The maximum absolute atomic E-state index is 6.17. The van der Waals surface area contributed by atoms with Gasteiger partial charge in [0.05, 0.1) is 13.2 Å². The molecule has 6 heteroatoms. The molecule has 2 aromatic carbocycles. The number of aryl methyl sites for hydroxylation is 2. The van der Waals surface area contributed by atoms with Crippen molar-refractivity contribution < 1.29 is 9.47 Å². The third kappa shape index (κ3) is 5.43. The van der Waals surface area contributed by atoms with Crippen molar-refractivity contribution in [3.8, 4) is 5.75 Å². The van der Waals surface area contributed by atoms with Gasteiger partial charge in [0, 0.05) is 55.3 Å². The summed E-state index contributed by atoms with van der Waals surface area (Å²) in [6.45, 7) is 8.06. The van der Waals surface area contributed by atoms with Crippen LogP contribution in [0.3, 0.4) is 0 Å². The van der Waals surface area contributed by atoms with Crippen LogP contribution >= 0.6 is 0 Å². The number of nitrogens with one attached hydrogen (secondary N) is 3. The Morgan fingerprint density at radius 2 is 2.09 bits per heavy atom. The van der Waals surface area contributed by atoms with E-state index in [9.17, 15) is 0 Å². The highest BCUT2D eigenvalue weighted by Crippen LogP contribution is 2.23. The predicted octanol–water partition coefficient (Wildman–Crippen LogP) is 4.11. The number of H-pyrrole nitrogens is 1. The van der Waals surface area contributed by atoms with Crippen LogP contribution in [-0.4, -0.2) is 44.4 Å². The van der Waals surface area contributed by atoms with E-state index in [1.165, 1.54) is 27.6 Å². The highest BCUT2D eigenvalue weighted by atomic mass is 16.5. The molecule has 1 saturated heterocycles. The van der Waals surface area contributed by atoms with Crippen LogP contribution in [0.4, 0.5) is 0 Å². The number of ether oxygens (including phenoxy) is 2. The van der Waals surface area contributed by atoms with Crippen LogP contribution in [0.15, 0.2) is 47.6 Å². The molecule has 0 bridgehead atoms. The van der Waals surface area contributed by atoms with E-state index in [1.807, 2.05) is 0 Å². The van der Waals surface area contributed by atoms with Crippen LogP contribution in [0.25, 0.3) is 10.9 Å². The highest BCUT2D eigenvalue weighted by Gasteiger charge is 2.17. The first-order valence-electron chi connectivity index (χ1n) is 11.4. The molecule has 0 spiro atoms. The molecule has 3 aromatic rings. The van der Waals surface area contributed by atoms with Crippen molar-refractivity contribution in [2.75, 3.05) is 33.4 Å². The van der Waals surface area contributed by atoms with Crippen molar-refractivity contribution in [3.05, 3.63) is 64.8 Å². The average molecular weight is 435 g/mol. The lowest BCUT2D eigenvalue weighted by atomic mass is 10.1. The Bertz CT molecular complexity index is 1070. The zero-order chi connectivity index (χ0) is 22.3. The van der Waals surface area contributed by atoms with Gasteiger partial charge in [-0.25, -0.2) is 0 Å². The predicted molar refractivity (Wildman–Crippen MR) is 131 cm³/mol. The van der Waals surface area contributed by atoms with E-state index < -0.39 is 0 Å². The number of aromatic amines is 1. The molecule has 1 atom stereocenters. The second-order valence-electron chi connectivity index (χ2n) is 8.57. The molecular weight excluding hydrogens is 400 g/mol. The lowest BCUT2D eigenvalue weighted by Crippen LogP contribution is -2.38. The van der Waals surface area contributed by atoms with Crippen LogP contribution in [0.5, 0.6) is 5.75 Å². The minimum absolute atomic E-state index is 0.485. The Balaban J connectivity index is 1.31. The quantitative estimate of drug-likeness (QED) is 0.369. The van der Waals surface area contributed by atoms with Crippen LogP contribution in [0, 0.1) is 19.8 Å². The third-order valence-electron chi connectivity index (χ3n) is 6.07. The molecule has 4 rings (SSSR count). The first-order valence-corrected chi connectivity index (χ1v) is 11.4. The largest absolute Gasteiger partial charge is 0.493 e. The van der Waals surface area contributed by atoms with Crippen molar-refractivity contribution in [2.24, 2.45) is 10.9 Å². The zero-order valence-corrected chi connectivity index (χ0v) is 19.3. The summed E-state index contributed by atoms with van der Waals surface area (Å²) < 4.78 is 11.6. The summed E-state index contributed by atoms with van der Waals surface area (Å²) >= 11 is 0. The molecule has 0 amide bonds. The van der Waals surface area contributed by atoms with Crippen molar-refractivity contribution >= 4 is 16.9 Å². The molecule has 0 radical (unpaired) electrons. The van der Waals surface area contributed by atoms with Crippen LogP contribution < -0.4 is 15.4 Å². The van der Waals surface area contributed by atoms with Crippen LogP contribution in [-0.2, 0) is 17.7 Å². The van der Waals surface area contributed by atoms with Gasteiger partial charge in [0.15, 0.2) is 5.96 Å². The van der Waals surface area contributed by atoms with Crippen molar-refractivity contribution in [3.63, 3.8) is 0 Å². The Morgan fingerprint density at radius 1 is 1.19 bits per heavy atom. The maximum Gasteiger partial charge on any atom is 0.191 e. The van der Waals surface area contributed by atoms with Gasteiger partial charge in [-0.15, -0.1) is 0 Å². The summed E-state index contributed by atoms with van der Waals surface area (Å²) in [6, 6.07) is 12.7. The third-order valence-corrected chi connectivity index (χ3v) is 6.07. The fourth-order valence-electron chi connectivity index (χ4n) is 4.23. The Hall–Kier alpha value is -2.99. The molecule has 2 heterocycles. The number of hydrogen-bond acceptors (Lipinski definition) is 3. The minimum Gasteiger partial charge on any atom is -0.493 e. The maximum atomic E-state index is 6.17. The topological polar surface area (TPSA) is 70.7 Å². The summed E-state index contributed by atoms with van der Waals surface area (Å²) in [6.07, 6.45) is 4.11. The van der Waals surface area contributed by atoms with Gasteiger partial charge < -0.3 is 25.1 Å². The van der Waals surface area contributed by atoms with Crippen molar-refractivity contribution in [2.45, 2.75) is 33.2 Å². The van der Waals surface area contributed by atoms with Gasteiger partial charge in [0.1, 0.15) is 5.75 Å². The molecular formula is C26H34N4O2. The lowest BCUT2D eigenvalue weighted by molar-refractivity contribution is 0.166. The summed E-state index contributed by atoms with van der Waals surface area (Å²) in [7, 11) is 1.80. The molecule has 0 saturated carbocycles. The van der Waals surface area contributed by atoms with Gasteiger partial charge in [0.2, 0.25) is 0 Å². The van der Waals surface area contributed by atoms with E-state index in [2.05, 4.69) is 77.1 Å². The molecule has 1 aliphatic heterocycles. The van der Waals surface area contributed by atoms with E-state index in [1.54, 1.807) is 7.05 Å². The van der Waals surface area contributed by atoms with Gasteiger partial charge >= 0.3 is 0 Å². The fraction of sp³-hybridized carbons (Fsp3) is 0.423. The lowest BCUT2D eigenvalue weighted by Gasteiger charge is -2.17. The second-order valence-corrected chi connectivity index (χ2v) is 8.57. The number of guanidine groups is 1. The standard InChI is InChI=1S/C26H34N4O2/c1-18-7-8-21(24(13-18)32-17-20-10-12-31-16-20)14-30-26(27-3)28-11-9-22-15-29-23-6-4-5-19(2)25(22)23/h4-8,13,15,20,29H,9-12,14,16-17H2,1-3H3,(H2,27,28,30). The molecule has 0 aliphatic carbocycles. The number of hydrogen-bond donors (Lipinski definition) is 3. The monoisotopic (exact) mass is 434 g/mol. The van der Waals surface area contributed by atoms with Gasteiger partial charge in [-0.1, -0.05) is 24.3 Å². The summed E-state index contributed by atoms with van der Waals surface area (Å²) in [5, 5.41) is 8.19. The number of aliphatic imine (C=N–C) groups is 1. The van der Waals surface area contributed by atoms with E-state index in [4.69, 9.17) is 9.47 Å². The molecule has 170 valence electrons. The van der Waals surface area contributed by atoms with E-state index in [0.717, 1.165) is 49.9 Å². The molecule has 6 nitrogen and oxygen atoms in total. The Morgan fingerprint density at radius 3 is 2.91 bits per heavy atom. The smallest absolute Gasteiger partial charge is 0.191 e. The summed E-state index contributed by atoms with van der Waals surface area (Å²) in [4.78, 5) is 7.76. The molecule has 1 aliphatic rings. The number of benzene rings is 2. The van der Waals surface area contributed by atoms with Crippen LogP contribution in [0.2, 0.25) is 0 Å².